The highest BCUT2D eigenvalue weighted by atomic mass is 35.5. The minimum Gasteiger partial charge on any atom is -0.345 e. The van der Waals surface area contributed by atoms with Crippen LogP contribution in [-0.4, -0.2) is 30.7 Å². The van der Waals surface area contributed by atoms with Crippen LogP contribution >= 0.6 is 22.9 Å². The Morgan fingerprint density at radius 3 is 2.89 bits per heavy atom. The largest absolute Gasteiger partial charge is 0.345 e. The highest BCUT2D eigenvalue weighted by Crippen LogP contribution is 2.37. The quantitative estimate of drug-likeness (QED) is 0.928. The molecule has 1 aliphatic heterocycles. The van der Waals surface area contributed by atoms with Crippen LogP contribution in [0.15, 0.2) is 0 Å². The van der Waals surface area contributed by atoms with Gasteiger partial charge in [-0.3, -0.25) is 0 Å². The second kappa shape index (κ2) is 5.66. The lowest BCUT2D eigenvalue weighted by molar-refractivity contribution is 0.376. The van der Waals surface area contributed by atoms with E-state index >= 15 is 0 Å². The van der Waals surface area contributed by atoms with Gasteiger partial charge in [0.15, 0.2) is 10.3 Å². The molecule has 0 radical (unpaired) electrons. The molecule has 1 unspecified atom stereocenters. The molecule has 102 valence electrons. The second-order valence-electron chi connectivity index (χ2n) is 5.32. The molecule has 1 N–H and O–H groups in total. The van der Waals surface area contributed by atoms with E-state index in [9.17, 15) is 0 Å². The van der Waals surface area contributed by atoms with Crippen LogP contribution in [0.5, 0.6) is 0 Å². The Morgan fingerprint density at radius 2 is 2.32 bits per heavy atom. The van der Waals surface area contributed by atoms with Gasteiger partial charge < -0.3 is 10.2 Å². The van der Waals surface area contributed by atoms with Gasteiger partial charge in [0, 0.05) is 12.6 Å². The molecule has 4 nitrogen and oxygen atoms in total. The lowest BCUT2D eigenvalue weighted by atomic mass is 9.99. The first kappa shape index (κ1) is 13.2. The summed E-state index contributed by atoms with van der Waals surface area (Å²) in [4.78, 5) is 7.28. The van der Waals surface area contributed by atoms with Crippen molar-refractivity contribution in [2.24, 2.45) is 5.92 Å². The summed E-state index contributed by atoms with van der Waals surface area (Å²) in [7, 11) is 0. The number of nitrogens with zero attached hydrogens (tertiary/aromatic N) is 3. The summed E-state index contributed by atoms with van der Waals surface area (Å²) in [6.45, 7) is 3.27. The van der Waals surface area contributed by atoms with E-state index < -0.39 is 0 Å². The molecule has 2 aliphatic rings. The summed E-state index contributed by atoms with van der Waals surface area (Å²) in [6, 6.07) is 2.73. The van der Waals surface area contributed by atoms with Crippen molar-refractivity contribution < 1.29 is 0 Å². The molecular weight excluding hydrogens is 280 g/mol. The van der Waals surface area contributed by atoms with Crippen LogP contribution in [-0.2, 0) is 0 Å². The van der Waals surface area contributed by atoms with E-state index in [2.05, 4.69) is 21.3 Å². The maximum atomic E-state index is 9.00. The van der Waals surface area contributed by atoms with Crippen LogP contribution in [0.3, 0.4) is 0 Å². The van der Waals surface area contributed by atoms with Gasteiger partial charge >= 0.3 is 0 Å². The second-order valence-corrected chi connectivity index (χ2v) is 6.66. The van der Waals surface area contributed by atoms with Gasteiger partial charge in [0.2, 0.25) is 0 Å². The van der Waals surface area contributed by atoms with E-state index in [1.54, 1.807) is 0 Å². The zero-order valence-electron chi connectivity index (χ0n) is 10.7. The predicted octanol–water partition coefficient (Wildman–Crippen LogP) is 2.64. The number of nitriles is 1. The Kier molecular flexibility index (Phi) is 3.92. The van der Waals surface area contributed by atoms with E-state index in [1.807, 2.05) is 0 Å². The molecule has 0 bridgehead atoms. The summed E-state index contributed by atoms with van der Waals surface area (Å²) in [6.07, 6.45) is 5.00. The minimum atomic E-state index is 0.356. The molecule has 1 atom stereocenters. The number of aromatic nitrogens is 1. The summed E-state index contributed by atoms with van der Waals surface area (Å²) < 4.78 is 0. The summed E-state index contributed by atoms with van der Waals surface area (Å²) >= 11 is 7.42. The van der Waals surface area contributed by atoms with Crippen molar-refractivity contribution in [3.05, 3.63) is 10.0 Å². The SMILES string of the molecule is N#Cc1sc(N(CC2CCCNC2)C2CC2)nc1Cl. The monoisotopic (exact) mass is 296 g/mol. The zero-order valence-corrected chi connectivity index (χ0v) is 12.3. The fraction of sp³-hybridized carbons (Fsp3) is 0.692. The first-order valence-corrected chi connectivity index (χ1v) is 8.01. The van der Waals surface area contributed by atoms with Gasteiger partial charge in [0.1, 0.15) is 10.9 Å². The molecule has 1 saturated heterocycles. The third-order valence-corrected chi connectivity index (χ3v) is 5.15. The van der Waals surface area contributed by atoms with Crippen LogP contribution in [0.4, 0.5) is 5.13 Å². The smallest absolute Gasteiger partial charge is 0.188 e. The Balaban J connectivity index is 1.74. The maximum Gasteiger partial charge on any atom is 0.188 e. The number of halogens is 1. The van der Waals surface area contributed by atoms with Gasteiger partial charge in [-0.1, -0.05) is 22.9 Å². The molecule has 3 rings (SSSR count). The first-order chi connectivity index (χ1) is 9.28. The van der Waals surface area contributed by atoms with E-state index in [0.29, 0.717) is 22.0 Å². The van der Waals surface area contributed by atoms with Crippen molar-refractivity contribution in [1.82, 2.24) is 10.3 Å². The average Bonchev–Trinajstić information content (AvgIpc) is 3.20. The molecule has 1 saturated carbocycles. The van der Waals surface area contributed by atoms with Gasteiger partial charge in [-0.05, 0) is 44.7 Å². The van der Waals surface area contributed by atoms with Crippen molar-refractivity contribution in [3.8, 4) is 6.07 Å². The van der Waals surface area contributed by atoms with Crippen LogP contribution in [0.2, 0.25) is 5.15 Å². The van der Waals surface area contributed by atoms with E-state index in [1.165, 1.54) is 37.0 Å². The Labute approximate surface area is 122 Å². The molecule has 0 spiro atoms. The maximum absolute atomic E-state index is 9.00. The number of nitrogens with one attached hydrogen (secondary N) is 1. The fourth-order valence-electron chi connectivity index (χ4n) is 2.61. The number of piperidine rings is 1. The van der Waals surface area contributed by atoms with Gasteiger partial charge in [0.05, 0.1) is 0 Å². The van der Waals surface area contributed by atoms with Gasteiger partial charge in [0.25, 0.3) is 0 Å². The third-order valence-electron chi connectivity index (χ3n) is 3.76. The zero-order chi connectivity index (χ0) is 13.2. The number of hydrogen-bond acceptors (Lipinski definition) is 5. The lowest BCUT2D eigenvalue weighted by Crippen LogP contribution is -2.39. The van der Waals surface area contributed by atoms with E-state index in [0.717, 1.165) is 24.8 Å². The molecule has 1 aromatic rings. The molecular formula is C13H17ClN4S. The summed E-state index contributed by atoms with van der Waals surface area (Å²) in [5.74, 6) is 0.683. The molecule has 6 heteroatoms. The Morgan fingerprint density at radius 1 is 1.47 bits per heavy atom. The number of hydrogen-bond donors (Lipinski definition) is 1. The molecule has 0 aromatic carbocycles. The number of thiazole rings is 1. The minimum absolute atomic E-state index is 0.356. The fourth-order valence-corrected chi connectivity index (χ4v) is 3.73. The molecule has 19 heavy (non-hydrogen) atoms. The summed E-state index contributed by atoms with van der Waals surface area (Å²) in [5.41, 5.74) is 0. The molecule has 1 aromatic heterocycles. The Hall–Kier alpha value is -0.830. The van der Waals surface area contributed by atoms with Crippen LogP contribution in [0.25, 0.3) is 0 Å². The van der Waals surface area contributed by atoms with Crippen LogP contribution in [0, 0.1) is 17.2 Å². The van der Waals surface area contributed by atoms with E-state index in [-0.39, 0.29) is 0 Å². The molecule has 2 fully saturated rings. The molecule has 2 heterocycles. The number of rotatable bonds is 4. The van der Waals surface area contributed by atoms with Crippen molar-refractivity contribution in [2.45, 2.75) is 31.7 Å². The van der Waals surface area contributed by atoms with Crippen molar-refractivity contribution in [1.29, 1.82) is 5.26 Å². The van der Waals surface area contributed by atoms with Gasteiger partial charge in [-0.25, -0.2) is 4.98 Å². The van der Waals surface area contributed by atoms with Crippen molar-refractivity contribution >= 4 is 28.1 Å². The van der Waals surface area contributed by atoms with Crippen molar-refractivity contribution in [2.75, 3.05) is 24.5 Å². The molecule has 0 amide bonds. The number of anilines is 1. The highest BCUT2D eigenvalue weighted by molar-refractivity contribution is 7.16. The van der Waals surface area contributed by atoms with Crippen LogP contribution in [0.1, 0.15) is 30.6 Å². The standard InChI is InChI=1S/C13H17ClN4S/c14-12-11(6-15)19-13(17-12)18(10-3-4-10)8-9-2-1-5-16-7-9/h9-10,16H,1-5,7-8H2. The Bertz CT molecular complexity index is 485. The van der Waals surface area contributed by atoms with E-state index in [4.69, 9.17) is 16.9 Å². The van der Waals surface area contributed by atoms with Crippen molar-refractivity contribution in [3.63, 3.8) is 0 Å². The average molecular weight is 297 g/mol. The first-order valence-electron chi connectivity index (χ1n) is 6.81. The summed E-state index contributed by atoms with van der Waals surface area (Å²) in [5, 5.41) is 13.7. The van der Waals surface area contributed by atoms with Gasteiger partial charge in [-0.2, -0.15) is 5.26 Å². The topological polar surface area (TPSA) is 52.0 Å². The van der Waals surface area contributed by atoms with Gasteiger partial charge in [-0.15, -0.1) is 0 Å². The normalized spacial score (nSPS) is 23.1. The molecule has 1 aliphatic carbocycles. The lowest BCUT2D eigenvalue weighted by Gasteiger charge is -2.30. The predicted molar refractivity (Wildman–Crippen MR) is 77.8 cm³/mol. The highest BCUT2D eigenvalue weighted by Gasteiger charge is 2.33. The third kappa shape index (κ3) is 3.02. The van der Waals surface area contributed by atoms with Crippen LogP contribution < -0.4 is 10.2 Å².